The number of hydrogen-bond donors (Lipinski definition) is 2. The number of rotatable bonds is 6. The number of nitrogens with zero attached hydrogens (tertiary/aromatic N) is 6. The van der Waals surface area contributed by atoms with Crippen LogP contribution in [0.1, 0.15) is 33.6 Å². The van der Waals surface area contributed by atoms with Crippen molar-refractivity contribution in [2.75, 3.05) is 0 Å². The molecule has 0 bridgehead atoms. The molecule has 0 fully saturated rings. The average Bonchev–Trinajstić information content (AvgIpc) is 2.83. The molecule has 0 atom stereocenters. The predicted octanol–water partition coefficient (Wildman–Crippen LogP) is 3.88. The molecule has 0 amide bonds. The van der Waals surface area contributed by atoms with Gasteiger partial charge in [0.05, 0.1) is 33.8 Å². The van der Waals surface area contributed by atoms with E-state index >= 15 is 0 Å². The lowest BCUT2D eigenvalue weighted by Gasteiger charge is -2.13. The van der Waals surface area contributed by atoms with Gasteiger partial charge >= 0.3 is 0 Å². The third-order valence-corrected chi connectivity index (χ3v) is 5.37. The van der Waals surface area contributed by atoms with Crippen LogP contribution < -0.4 is 0 Å². The lowest BCUT2D eigenvalue weighted by atomic mass is 10.0. The number of hydrogen-bond acceptors (Lipinski definition) is 8. The number of aromatic nitrogens is 4. The molecule has 8 nitrogen and oxygen atoms in total. The Kier molecular flexibility index (Phi) is 6.12. The van der Waals surface area contributed by atoms with E-state index in [4.69, 9.17) is 9.97 Å². The van der Waals surface area contributed by atoms with Crippen molar-refractivity contribution in [3.63, 3.8) is 0 Å². The fraction of sp³-hybridized carbons (Fsp3) is 0.167. The van der Waals surface area contributed by atoms with Gasteiger partial charge in [-0.2, -0.15) is 0 Å². The summed E-state index contributed by atoms with van der Waals surface area (Å²) in [6.45, 7) is 4.06. The molecule has 2 N–H and O–H groups in total. The molecule has 4 rings (SSSR count). The molecule has 4 aromatic rings. The van der Waals surface area contributed by atoms with E-state index in [1.807, 2.05) is 26.0 Å². The van der Waals surface area contributed by atoms with Crippen molar-refractivity contribution in [2.24, 2.45) is 10.3 Å². The van der Waals surface area contributed by atoms with Crippen LogP contribution in [-0.4, -0.2) is 41.8 Å². The molecule has 0 saturated heterocycles. The first-order valence-corrected chi connectivity index (χ1v) is 10.1. The molecule has 8 heteroatoms. The number of pyridine rings is 2. The monoisotopic (exact) mass is 426 g/mol. The summed E-state index contributed by atoms with van der Waals surface area (Å²) in [6.07, 6.45) is 7.06. The van der Waals surface area contributed by atoms with E-state index in [9.17, 15) is 10.4 Å². The maximum Gasteiger partial charge on any atom is 0.0929 e. The first-order chi connectivity index (χ1) is 15.6. The standard InChI is InChI=1S/C24H22N6O2/c1-15-11-21-22(12-16(15)2)28-24(14-20(30-32)18-5-9-26-10-6-18)23(27-21)13-19(29-31)17-3-7-25-8-4-17/h3-12,31-32H,13-14H2,1-2H3/b29-19-,30-20+. The van der Waals surface area contributed by atoms with Crippen LogP contribution >= 0.6 is 0 Å². The first-order valence-electron chi connectivity index (χ1n) is 10.1. The summed E-state index contributed by atoms with van der Waals surface area (Å²) < 4.78 is 0. The van der Waals surface area contributed by atoms with Crippen molar-refractivity contribution >= 4 is 22.5 Å². The second kappa shape index (κ2) is 9.30. The van der Waals surface area contributed by atoms with Crippen LogP contribution in [0, 0.1) is 13.8 Å². The Morgan fingerprint density at radius 1 is 0.688 bits per heavy atom. The van der Waals surface area contributed by atoms with Crippen LogP contribution in [0.3, 0.4) is 0 Å². The van der Waals surface area contributed by atoms with Gasteiger partial charge in [0, 0.05) is 48.8 Å². The molecule has 0 radical (unpaired) electrons. The summed E-state index contributed by atoms with van der Waals surface area (Å²) >= 11 is 0. The van der Waals surface area contributed by atoms with Crippen molar-refractivity contribution in [1.29, 1.82) is 0 Å². The van der Waals surface area contributed by atoms with Gasteiger partial charge in [-0.1, -0.05) is 10.3 Å². The number of benzene rings is 1. The van der Waals surface area contributed by atoms with Gasteiger partial charge in [0.15, 0.2) is 0 Å². The lowest BCUT2D eigenvalue weighted by Crippen LogP contribution is -2.15. The highest BCUT2D eigenvalue weighted by Crippen LogP contribution is 2.21. The van der Waals surface area contributed by atoms with Gasteiger partial charge in [-0.15, -0.1) is 0 Å². The maximum absolute atomic E-state index is 9.68. The fourth-order valence-corrected chi connectivity index (χ4v) is 3.46. The summed E-state index contributed by atoms with van der Waals surface area (Å²) in [7, 11) is 0. The minimum atomic E-state index is 0.251. The minimum absolute atomic E-state index is 0.251. The molecule has 0 aliphatic rings. The van der Waals surface area contributed by atoms with Crippen LogP contribution in [-0.2, 0) is 12.8 Å². The van der Waals surface area contributed by atoms with E-state index in [-0.39, 0.29) is 12.8 Å². The molecule has 1 aromatic carbocycles. The SMILES string of the molecule is Cc1cc2nc(C/C(=N/O)c3ccncc3)c(C/C(=N\O)c3ccncc3)nc2cc1C. The summed E-state index contributed by atoms with van der Waals surface area (Å²) in [5, 5.41) is 26.4. The second-order valence-electron chi connectivity index (χ2n) is 7.46. The van der Waals surface area contributed by atoms with Gasteiger partial charge in [-0.05, 0) is 61.4 Å². The molecule has 160 valence electrons. The topological polar surface area (TPSA) is 117 Å². The molecule has 0 aliphatic carbocycles. The van der Waals surface area contributed by atoms with Crippen LogP contribution in [0.4, 0.5) is 0 Å². The summed E-state index contributed by atoms with van der Waals surface area (Å²) in [5.74, 6) is 0. The third-order valence-electron chi connectivity index (χ3n) is 5.37. The Bertz CT molecular complexity index is 1200. The average molecular weight is 426 g/mol. The zero-order chi connectivity index (χ0) is 22.5. The molecular formula is C24H22N6O2. The van der Waals surface area contributed by atoms with Gasteiger partial charge in [0.25, 0.3) is 0 Å². The third kappa shape index (κ3) is 4.44. The molecular weight excluding hydrogens is 404 g/mol. The first kappa shape index (κ1) is 21.0. The fourth-order valence-electron chi connectivity index (χ4n) is 3.46. The quantitative estimate of drug-likeness (QED) is 0.275. The molecule has 0 unspecified atom stereocenters. The van der Waals surface area contributed by atoms with Crippen molar-refractivity contribution in [3.8, 4) is 0 Å². The van der Waals surface area contributed by atoms with Crippen LogP contribution in [0.5, 0.6) is 0 Å². The van der Waals surface area contributed by atoms with Crippen LogP contribution in [0.2, 0.25) is 0 Å². The highest BCUT2D eigenvalue weighted by atomic mass is 16.4. The van der Waals surface area contributed by atoms with Crippen molar-refractivity contribution in [1.82, 2.24) is 19.9 Å². The highest BCUT2D eigenvalue weighted by molar-refractivity contribution is 6.03. The van der Waals surface area contributed by atoms with Gasteiger partial charge < -0.3 is 10.4 Å². The molecule has 0 aliphatic heterocycles. The van der Waals surface area contributed by atoms with Gasteiger partial charge in [-0.3, -0.25) is 9.97 Å². The van der Waals surface area contributed by atoms with Crippen LogP contribution in [0.25, 0.3) is 11.0 Å². The van der Waals surface area contributed by atoms with E-state index in [1.54, 1.807) is 49.1 Å². The molecule has 3 heterocycles. The Hall–Kier alpha value is -4.20. The molecule has 0 spiro atoms. The maximum atomic E-state index is 9.68. The number of oxime groups is 2. The Morgan fingerprint density at radius 2 is 1.06 bits per heavy atom. The molecule has 3 aromatic heterocycles. The van der Waals surface area contributed by atoms with E-state index < -0.39 is 0 Å². The van der Waals surface area contributed by atoms with Gasteiger partial charge in [-0.25, -0.2) is 9.97 Å². The van der Waals surface area contributed by atoms with Crippen molar-refractivity contribution in [3.05, 3.63) is 94.8 Å². The van der Waals surface area contributed by atoms with Crippen molar-refractivity contribution in [2.45, 2.75) is 26.7 Å². The number of aryl methyl sites for hydroxylation is 2. The Morgan fingerprint density at radius 3 is 1.41 bits per heavy atom. The van der Waals surface area contributed by atoms with E-state index in [0.29, 0.717) is 22.8 Å². The molecule has 32 heavy (non-hydrogen) atoms. The van der Waals surface area contributed by atoms with E-state index in [2.05, 4.69) is 20.3 Å². The predicted molar refractivity (Wildman–Crippen MR) is 122 cm³/mol. The summed E-state index contributed by atoms with van der Waals surface area (Å²) in [5.41, 5.74) is 7.38. The van der Waals surface area contributed by atoms with Gasteiger partial charge in [0.2, 0.25) is 0 Å². The normalized spacial score (nSPS) is 12.3. The van der Waals surface area contributed by atoms with Crippen LogP contribution in [0.15, 0.2) is 71.5 Å². The second-order valence-corrected chi connectivity index (χ2v) is 7.46. The minimum Gasteiger partial charge on any atom is -0.411 e. The number of fused-ring (bicyclic) bond motifs is 1. The largest absolute Gasteiger partial charge is 0.411 e. The van der Waals surface area contributed by atoms with Crippen molar-refractivity contribution < 1.29 is 10.4 Å². The summed E-state index contributed by atoms with van der Waals surface area (Å²) in [6, 6.07) is 11.1. The zero-order valence-electron chi connectivity index (χ0n) is 17.8. The Balaban J connectivity index is 1.81. The Labute approximate surface area is 185 Å². The zero-order valence-corrected chi connectivity index (χ0v) is 17.8. The summed E-state index contributed by atoms with van der Waals surface area (Å²) in [4.78, 5) is 17.7. The van der Waals surface area contributed by atoms with E-state index in [1.165, 1.54) is 0 Å². The highest BCUT2D eigenvalue weighted by Gasteiger charge is 2.17. The molecule has 0 saturated carbocycles. The van der Waals surface area contributed by atoms with E-state index in [0.717, 1.165) is 33.3 Å². The lowest BCUT2D eigenvalue weighted by molar-refractivity contribution is 0.318. The smallest absolute Gasteiger partial charge is 0.0929 e. The van der Waals surface area contributed by atoms with Gasteiger partial charge in [0.1, 0.15) is 0 Å².